The molecule has 0 saturated carbocycles. The maximum atomic E-state index is 12.7. The van der Waals surface area contributed by atoms with Gasteiger partial charge in [0.15, 0.2) is 0 Å². The Kier molecular flexibility index (Phi) is 5.28. The van der Waals surface area contributed by atoms with E-state index in [-0.39, 0.29) is 5.91 Å². The van der Waals surface area contributed by atoms with Crippen molar-refractivity contribution in [1.82, 2.24) is 10.3 Å². The summed E-state index contributed by atoms with van der Waals surface area (Å²) in [4.78, 5) is 19.4. The third kappa shape index (κ3) is 4.13. The van der Waals surface area contributed by atoms with E-state index in [2.05, 4.69) is 21.3 Å². The summed E-state index contributed by atoms with van der Waals surface area (Å²) in [7, 11) is 0. The molecule has 132 valence electrons. The molecule has 0 unspecified atom stereocenters. The molecule has 1 aliphatic rings. The number of nitrogens with one attached hydrogen (secondary N) is 1. The summed E-state index contributed by atoms with van der Waals surface area (Å²) < 4.78 is 0. The first-order valence-electron chi connectivity index (χ1n) is 8.71. The van der Waals surface area contributed by atoms with E-state index in [1.807, 2.05) is 50.4 Å². The van der Waals surface area contributed by atoms with Gasteiger partial charge in [0.2, 0.25) is 5.91 Å². The fourth-order valence-electron chi connectivity index (χ4n) is 3.09. The predicted molar refractivity (Wildman–Crippen MR) is 102 cm³/mol. The maximum absolute atomic E-state index is 12.7. The molecule has 0 atom stereocenters. The van der Waals surface area contributed by atoms with Crippen LogP contribution in [-0.4, -0.2) is 24.0 Å². The monoisotopic (exact) mass is 357 g/mol. The molecule has 1 fully saturated rings. The fraction of sp³-hybridized carbons (Fsp3) is 0.400. The van der Waals surface area contributed by atoms with Gasteiger partial charge in [0.1, 0.15) is 5.82 Å². The molecule has 0 radical (unpaired) electrons. The Balaban J connectivity index is 1.65. The number of nitrogens with zero attached hydrogens (tertiary/aromatic N) is 2. The third-order valence-corrected chi connectivity index (χ3v) is 5.08. The number of benzene rings is 1. The first kappa shape index (κ1) is 17.7. The minimum absolute atomic E-state index is 0.00522. The van der Waals surface area contributed by atoms with Gasteiger partial charge in [-0.05, 0) is 62.1 Å². The van der Waals surface area contributed by atoms with E-state index >= 15 is 0 Å². The average Bonchev–Trinajstić information content (AvgIpc) is 3.15. The van der Waals surface area contributed by atoms with Crippen LogP contribution in [-0.2, 0) is 16.8 Å². The number of rotatable bonds is 5. The van der Waals surface area contributed by atoms with E-state index in [9.17, 15) is 4.79 Å². The third-order valence-electron chi connectivity index (χ3n) is 4.83. The second kappa shape index (κ2) is 7.44. The SMILES string of the molecule is CC(C)(C(=O)NCc1ccnc(N2CCCC2)c1)c1ccc(Cl)cc1. The number of hydrogen-bond donors (Lipinski definition) is 1. The normalized spacial score (nSPS) is 14.6. The van der Waals surface area contributed by atoms with Crippen molar-refractivity contribution >= 4 is 23.3 Å². The number of amides is 1. The lowest BCUT2D eigenvalue weighted by molar-refractivity contribution is -0.125. The molecular weight excluding hydrogens is 334 g/mol. The molecule has 3 rings (SSSR count). The van der Waals surface area contributed by atoms with Crippen LogP contribution < -0.4 is 10.2 Å². The van der Waals surface area contributed by atoms with Crippen molar-refractivity contribution in [3.8, 4) is 0 Å². The Hall–Kier alpha value is -2.07. The first-order valence-corrected chi connectivity index (χ1v) is 9.09. The van der Waals surface area contributed by atoms with Crippen LogP contribution >= 0.6 is 11.6 Å². The van der Waals surface area contributed by atoms with Crippen LogP contribution in [0.3, 0.4) is 0 Å². The summed E-state index contributed by atoms with van der Waals surface area (Å²) in [6.07, 6.45) is 4.26. The topological polar surface area (TPSA) is 45.2 Å². The van der Waals surface area contributed by atoms with Gasteiger partial charge in [-0.1, -0.05) is 23.7 Å². The van der Waals surface area contributed by atoms with Crippen LogP contribution in [0, 0.1) is 0 Å². The Morgan fingerprint density at radius 1 is 1.20 bits per heavy atom. The quantitative estimate of drug-likeness (QED) is 0.881. The Labute approximate surface area is 154 Å². The number of carbonyl (C=O) groups is 1. The molecule has 2 aromatic rings. The van der Waals surface area contributed by atoms with Crippen molar-refractivity contribution in [3.63, 3.8) is 0 Å². The molecule has 1 saturated heterocycles. The second-order valence-corrected chi connectivity index (χ2v) is 7.47. The van der Waals surface area contributed by atoms with Gasteiger partial charge in [-0.15, -0.1) is 0 Å². The molecule has 0 bridgehead atoms. The van der Waals surface area contributed by atoms with Crippen LogP contribution in [0.1, 0.15) is 37.8 Å². The number of carbonyl (C=O) groups excluding carboxylic acids is 1. The summed E-state index contributed by atoms with van der Waals surface area (Å²) in [6, 6.07) is 11.5. The van der Waals surface area contributed by atoms with E-state index in [1.165, 1.54) is 12.8 Å². The van der Waals surface area contributed by atoms with E-state index < -0.39 is 5.41 Å². The minimum atomic E-state index is -0.616. The fourth-order valence-corrected chi connectivity index (χ4v) is 3.22. The highest BCUT2D eigenvalue weighted by molar-refractivity contribution is 6.30. The molecule has 1 aromatic carbocycles. The highest BCUT2D eigenvalue weighted by Gasteiger charge is 2.29. The second-order valence-electron chi connectivity index (χ2n) is 7.03. The van der Waals surface area contributed by atoms with Crippen molar-refractivity contribution in [2.24, 2.45) is 0 Å². The van der Waals surface area contributed by atoms with Gasteiger partial charge in [-0.2, -0.15) is 0 Å². The maximum Gasteiger partial charge on any atom is 0.230 e. The Bertz CT molecular complexity index is 737. The zero-order valence-corrected chi connectivity index (χ0v) is 15.5. The molecule has 0 spiro atoms. The van der Waals surface area contributed by atoms with Gasteiger partial charge < -0.3 is 10.2 Å². The lowest BCUT2D eigenvalue weighted by Crippen LogP contribution is -2.39. The van der Waals surface area contributed by atoms with Crippen LogP contribution in [0.5, 0.6) is 0 Å². The van der Waals surface area contributed by atoms with Crippen molar-refractivity contribution in [2.45, 2.75) is 38.6 Å². The van der Waals surface area contributed by atoms with Crippen molar-refractivity contribution in [3.05, 3.63) is 58.7 Å². The number of anilines is 1. The Morgan fingerprint density at radius 3 is 2.56 bits per heavy atom. The molecule has 1 amide bonds. The number of aromatic nitrogens is 1. The summed E-state index contributed by atoms with van der Waals surface area (Å²) in [6.45, 7) is 6.47. The largest absolute Gasteiger partial charge is 0.357 e. The number of halogens is 1. The standard InChI is InChI=1S/C20H24ClN3O/c1-20(2,16-5-7-17(21)8-6-16)19(25)23-14-15-9-10-22-18(13-15)24-11-3-4-12-24/h5-10,13H,3-4,11-12,14H2,1-2H3,(H,23,25). The summed E-state index contributed by atoms with van der Waals surface area (Å²) in [5.41, 5.74) is 1.40. The lowest BCUT2D eigenvalue weighted by atomic mass is 9.83. The molecule has 1 N–H and O–H groups in total. The van der Waals surface area contributed by atoms with Crippen LogP contribution in [0.25, 0.3) is 0 Å². The molecule has 2 heterocycles. The number of hydrogen-bond acceptors (Lipinski definition) is 3. The van der Waals surface area contributed by atoms with Gasteiger partial charge in [-0.3, -0.25) is 4.79 Å². The molecule has 1 aromatic heterocycles. The number of pyridine rings is 1. The van der Waals surface area contributed by atoms with E-state index in [0.29, 0.717) is 11.6 Å². The molecular formula is C20H24ClN3O. The molecule has 0 aliphatic carbocycles. The summed E-state index contributed by atoms with van der Waals surface area (Å²) in [5, 5.41) is 3.72. The van der Waals surface area contributed by atoms with E-state index in [1.54, 1.807) is 0 Å². The lowest BCUT2D eigenvalue weighted by Gasteiger charge is -2.24. The molecule has 1 aliphatic heterocycles. The van der Waals surface area contributed by atoms with Gasteiger partial charge in [0.05, 0.1) is 5.41 Å². The van der Waals surface area contributed by atoms with Crippen LogP contribution in [0.4, 0.5) is 5.82 Å². The van der Waals surface area contributed by atoms with Crippen LogP contribution in [0.2, 0.25) is 5.02 Å². The molecule has 5 heteroatoms. The van der Waals surface area contributed by atoms with Crippen molar-refractivity contribution in [2.75, 3.05) is 18.0 Å². The molecule has 25 heavy (non-hydrogen) atoms. The van der Waals surface area contributed by atoms with E-state index in [4.69, 9.17) is 11.6 Å². The van der Waals surface area contributed by atoms with Gasteiger partial charge in [-0.25, -0.2) is 4.98 Å². The summed E-state index contributed by atoms with van der Waals surface area (Å²) in [5.74, 6) is 0.996. The first-order chi connectivity index (χ1) is 12.0. The van der Waals surface area contributed by atoms with Crippen molar-refractivity contribution in [1.29, 1.82) is 0 Å². The summed E-state index contributed by atoms with van der Waals surface area (Å²) >= 11 is 5.94. The highest BCUT2D eigenvalue weighted by atomic mass is 35.5. The highest BCUT2D eigenvalue weighted by Crippen LogP contribution is 2.25. The zero-order valence-electron chi connectivity index (χ0n) is 14.8. The minimum Gasteiger partial charge on any atom is -0.357 e. The van der Waals surface area contributed by atoms with Gasteiger partial charge in [0.25, 0.3) is 0 Å². The average molecular weight is 358 g/mol. The van der Waals surface area contributed by atoms with E-state index in [0.717, 1.165) is 30.0 Å². The smallest absolute Gasteiger partial charge is 0.230 e. The zero-order chi connectivity index (χ0) is 17.9. The Morgan fingerprint density at radius 2 is 1.88 bits per heavy atom. The molecule has 4 nitrogen and oxygen atoms in total. The van der Waals surface area contributed by atoms with Gasteiger partial charge in [0, 0.05) is 30.9 Å². The van der Waals surface area contributed by atoms with Gasteiger partial charge >= 0.3 is 0 Å². The predicted octanol–water partition coefficient (Wildman–Crippen LogP) is 3.93. The van der Waals surface area contributed by atoms with Crippen molar-refractivity contribution < 1.29 is 4.79 Å². The van der Waals surface area contributed by atoms with Crippen LogP contribution in [0.15, 0.2) is 42.6 Å².